The number of aryl methyl sites for hydroxylation is 1. The van der Waals surface area contributed by atoms with Crippen LogP contribution in [0.25, 0.3) is 0 Å². The minimum atomic E-state index is 0. The lowest BCUT2D eigenvalue weighted by Gasteiger charge is -2.20. The van der Waals surface area contributed by atoms with Crippen LogP contribution in [0.3, 0.4) is 0 Å². The van der Waals surface area contributed by atoms with Crippen LogP contribution < -0.4 is 15.4 Å². The first-order chi connectivity index (χ1) is 13.6. The van der Waals surface area contributed by atoms with Gasteiger partial charge in [0.05, 0.1) is 13.2 Å². The summed E-state index contributed by atoms with van der Waals surface area (Å²) in [5.74, 6) is 1.77. The summed E-state index contributed by atoms with van der Waals surface area (Å²) in [6.07, 6.45) is 4.75. The molecule has 3 rings (SSSR count). The molecule has 1 aliphatic carbocycles. The number of hydrogen-bond acceptors (Lipinski definition) is 4. The highest BCUT2D eigenvalue weighted by atomic mass is 127. The molecule has 0 aromatic heterocycles. The number of aliphatic imine (C=N–C) groups is 1. The van der Waals surface area contributed by atoms with Crippen molar-refractivity contribution in [3.63, 3.8) is 0 Å². The van der Waals surface area contributed by atoms with Crippen LogP contribution in [0.1, 0.15) is 43.7 Å². The lowest BCUT2D eigenvalue weighted by Crippen LogP contribution is -2.40. The van der Waals surface area contributed by atoms with Crippen LogP contribution in [0, 0.1) is 12.3 Å². The molecule has 0 spiro atoms. The van der Waals surface area contributed by atoms with E-state index in [1.165, 1.54) is 18.4 Å². The van der Waals surface area contributed by atoms with Gasteiger partial charge in [-0.05, 0) is 50.2 Å². The second-order valence-electron chi connectivity index (χ2n) is 7.94. The van der Waals surface area contributed by atoms with Crippen LogP contribution in [0.15, 0.2) is 23.2 Å². The summed E-state index contributed by atoms with van der Waals surface area (Å²) in [7, 11) is 1.82. The molecular formula is C22H36IN3O3. The fraction of sp³-hybridized carbons (Fsp3) is 0.682. The first kappa shape index (κ1) is 24.2. The summed E-state index contributed by atoms with van der Waals surface area (Å²) in [5.41, 5.74) is 2.72. The number of halogens is 1. The number of guanidine groups is 1. The SMILES string of the molecule is CCOCCC1(CNC(=NC)NCc2ccc(C)cc2OC2CCOC2)CC1.I. The van der Waals surface area contributed by atoms with E-state index in [0.29, 0.717) is 18.6 Å². The lowest BCUT2D eigenvalue weighted by molar-refractivity contribution is 0.128. The quantitative estimate of drug-likeness (QED) is 0.215. The molecular weight excluding hydrogens is 481 g/mol. The molecule has 1 unspecified atom stereocenters. The van der Waals surface area contributed by atoms with Gasteiger partial charge in [0.1, 0.15) is 11.9 Å². The largest absolute Gasteiger partial charge is 0.488 e. The van der Waals surface area contributed by atoms with Crippen LogP contribution >= 0.6 is 24.0 Å². The zero-order chi connectivity index (χ0) is 19.8. The number of hydrogen-bond donors (Lipinski definition) is 2. The molecule has 0 amide bonds. The smallest absolute Gasteiger partial charge is 0.191 e. The molecule has 1 saturated heterocycles. The van der Waals surface area contributed by atoms with Gasteiger partial charge < -0.3 is 24.8 Å². The van der Waals surface area contributed by atoms with Gasteiger partial charge in [-0.15, -0.1) is 24.0 Å². The summed E-state index contributed by atoms with van der Waals surface area (Å²) < 4.78 is 17.2. The van der Waals surface area contributed by atoms with E-state index in [4.69, 9.17) is 14.2 Å². The Morgan fingerprint density at radius 1 is 1.31 bits per heavy atom. The predicted molar refractivity (Wildman–Crippen MR) is 127 cm³/mol. The van der Waals surface area contributed by atoms with Crippen molar-refractivity contribution in [2.75, 3.05) is 40.0 Å². The third-order valence-corrected chi connectivity index (χ3v) is 5.64. The summed E-state index contributed by atoms with van der Waals surface area (Å²) in [6.45, 7) is 8.85. The molecule has 0 bridgehead atoms. The third-order valence-electron chi connectivity index (χ3n) is 5.64. The van der Waals surface area contributed by atoms with Gasteiger partial charge >= 0.3 is 0 Å². The Bertz CT molecular complexity index is 659. The van der Waals surface area contributed by atoms with E-state index in [1.807, 2.05) is 14.0 Å². The zero-order valence-corrected chi connectivity index (χ0v) is 20.3. The van der Waals surface area contributed by atoms with Crippen molar-refractivity contribution in [2.24, 2.45) is 10.4 Å². The first-order valence-corrected chi connectivity index (χ1v) is 10.5. The molecule has 1 aliphatic heterocycles. The number of ether oxygens (including phenoxy) is 3. The summed E-state index contributed by atoms with van der Waals surface area (Å²) >= 11 is 0. The van der Waals surface area contributed by atoms with Crippen molar-refractivity contribution in [2.45, 2.75) is 52.2 Å². The van der Waals surface area contributed by atoms with Crippen molar-refractivity contribution in [1.29, 1.82) is 0 Å². The Balaban J connectivity index is 0.00000300. The molecule has 2 aliphatic rings. The molecule has 2 fully saturated rings. The topological polar surface area (TPSA) is 64.1 Å². The third kappa shape index (κ3) is 7.61. The molecule has 0 radical (unpaired) electrons. The van der Waals surface area contributed by atoms with E-state index in [1.54, 1.807) is 0 Å². The van der Waals surface area contributed by atoms with Crippen LogP contribution in [-0.2, 0) is 16.0 Å². The van der Waals surface area contributed by atoms with E-state index in [0.717, 1.165) is 56.5 Å². The van der Waals surface area contributed by atoms with Crippen molar-refractivity contribution < 1.29 is 14.2 Å². The summed E-state index contributed by atoms with van der Waals surface area (Å²) in [5, 5.41) is 6.93. The Hall–Kier alpha value is -1.06. The molecule has 1 aromatic carbocycles. The van der Waals surface area contributed by atoms with Crippen molar-refractivity contribution in [3.8, 4) is 5.75 Å². The molecule has 6 nitrogen and oxygen atoms in total. The van der Waals surface area contributed by atoms with Crippen molar-refractivity contribution >= 4 is 29.9 Å². The maximum Gasteiger partial charge on any atom is 0.191 e. The molecule has 2 N–H and O–H groups in total. The van der Waals surface area contributed by atoms with Crippen LogP contribution in [0.4, 0.5) is 0 Å². The molecule has 164 valence electrons. The van der Waals surface area contributed by atoms with Crippen LogP contribution in [-0.4, -0.2) is 52.1 Å². The Morgan fingerprint density at radius 3 is 2.79 bits per heavy atom. The summed E-state index contributed by atoms with van der Waals surface area (Å²) in [4.78, 5) is 4.38. The van der Waals surface area contributed by atoms with Gasteiger partial charge in [-0.2, -0.15) is 0 Å². The number of rotatable bonds is 10. The Morgan fingerprint density at radius 2 is 2.14 bits per heavy atom. The zero-order valence-electron chi connectivity index (χ0n) is 18.0. The molecule has 29 heavy (non-hydrogen) atoms. The van der Waals surface area contributed by atoms with Gasteiger partial charge in [0.25, 0.3) is 0 Å². The minimum absolute atomic E-state index is 0. The second-order valence-corrected chi connectivity index (χ2v) is 7.94. The van der Waals surface area contributed by atoms with E-state index < -0.39 is 0 Å². The minimum Gasteiger partial charge on any atom is -0.488 e. The van der Waals surface area contributed by atoms with Crippen molar-refractivity contribution in [1.82, 2.24) is 10.6 Å². The van der Waals surface area contributed by atoms with Gasteiger partial charge in [-0.1, -0.05) is 12.1 Å². The maximum atomic E-state index is 6.19. The van der Waals surface area contributed by atoms with Gasteiger partial charge in [0, 0.05) is 45.3 Å². The highest BCUT2D eigenvalue weighted by Gasteiger charge is 2.41. The normalized spacial score (nSPS) is 20.1. The highest BCUT2D eigenvalue weighted by molar-refractivity contribution is 14.0. The standard InChI is InChI=1S/C22H35N3O3.HI/c1-4-26-12-10-22(8-9-22)16-25-21(23-3)24-14-18-6-5-17(2)13-20(18)28-19-7-11-27-15-19;/h5-6,13,19H,4,7-12,14-16H2,1-3H3,(H2,23,24,25);1H. The molecule has 1 saturated carbocycles. The van der Waals surface area contributed by atoms with Crippen LogP contribution in [0.5, 0.6) is 5.75 Å². The fourth-order valence-corrected chi connectivity index (χ4v) is 3.50. The average molecular weight is 517 g/mol. The van der Waals surface area contributed by atoms with Gasteiger partial charge in [-0.3, -0.25) is 4.99 Å². The number of benzene rings is 1. The Labute approximate surface area is 192 Å². The van der Waals surface area contributed by atoms with Crippen molar-refractivity contribution in [3.05, 3.63) is 29.3 Å². The predicted octanol–water partition coefficient (Wildman–Crippen LogP) is 3.65. The van der Waals surface area contributed by atoms with E-state index >= 15 is 0 Å². The number of nitrogens with zero attached hydrogens (tertiary/aromatic N) is 1. The first-order valence-electron chi connectivity index (χ1n) is 10.5. The van der Waals surface area contributed by atoms with E-state index in [-0.39, 0.29) is 30.1 Å². The van der Waals surface area contributed by atoms with Crippen LogP contribution in [0.2, 0.25) is 0 Å². The molecule has 7 heteroatoms. The van der Waals surface area contributed by atoms with E-state index in [2.05, 4.69) is 40.7 Å². The average Bonchev–Trinajstić information content (AvgIpc) is 3.27. The lowest BCUT2D eigenvalue weighted by atomic mass is 10.0. The van der Waals surface area contributed by atoms with E-state index in [9.17, 15) is 0 Å². The maximum absolute atomic E-state index is 6.19. The van der Waals surface area contributed by atoms with Gasteiger partial charge in [0.2, 0.25) is 0 Å². The fourth-order valence-electron chi connectivity index (χ4n) is 3.50. The molecule has 1 aromatic rings. The Kier molecular flexibility index (Phi) is 9.98. The van der Waals surface area contributed by atoms with Gasteiger partial charge in [-0.25, -0.2) is 0 Å². The highest BCUT2D eigenvalue weighted by Crippen LogP contribution is 2.48. The number of nitrogens with one attached hydrogen (secondary N) is 2. The second kappa shape index (κ2) is 12.0. The van der Waals surface area contributed by atoms with Gasteiger partial charge in [0.15, 0.2) is 5.96 Å². The summed E-state index contributed by atoms with van der Waals surface area (Å²) in [6, 6.07) is 6.36. The monoisotopic (exact) mass is 517 g/mol. The molecule has 1 atom stereocenters. The molecule has 1 heterocycles.